The molecule has 1 aromatic rings. The van der Waals surface area contributed by atoms with E-state index in [2.05, 4.69) is 21.8 Å². The summed E-state index contributed by atoms with van der Waals surface area (Å²) in [5.41, 5.74) is 0.676. The van der Waals surface area contributed by atoms with Crippen LogP contribution in [0.4, 0.5) is 0 Å². The van der Waals surface area contributed by atoms with Gasteiger partial charge in [0, 0.05) is 25.4 Å². The van der Waals surface area contributed by atoms with Crippen LogP contribution >= 0.6 is 0 Å². The first-order chi connectivity index (χ1) is 5.93. The summed E-state index contributed by atoms with van der Waals surface area (Å²) >= 11 is 0. The molecule has 12 heavy (non-hydrogen) atoms. The van der Waals surface area contributed by atoms with Crippen LogP contribution in [-0.2, 0) is 0 Å². The molecule has 3 heteroatoms. The fourth-order valence-electron chi connectivity index (χ4n) is 0.684. The van der Waals surface area contributed by atoms with Gasteiger partial charge in [0.25, 0.3) is 0 Å². The number of hydrogen-bond acceptors (Lipinski definition) is 3. The smallest absolute Gasteiger partial charge is 0.131 e. The largest absolute Gasteiger partial charge is 0.396 e. The van der Waals surface area contributed by atoms with Gasteiger partial charge in [-0.05, 0) is 12.3 Å². The SMILES string of the molecule is OCCCC#Cc1cnccn1. The average molecular weight is 162 g/mol. The molecule has 3 nitrogen and oxygen atoms in total. The Kier molecular flexibility index (Phi) is 3.82. The lowest BCUT2D eigenvalue weighted by Crippen LogP contribution is -1.82. The van der Waals surface area contributed by atoms with Gasteiger partial charge in [-0.2, -0.15) is 0 Å². The van der Waals surface area contributed by atoms with Gasteiger partial charge in [-0.15, -0.1) is 0 Å². The van der Waals surface area contributed by atoms with Crippen LogP contribution in [0.15, 0.2) is 18.6 Å². The number of rotatable bonds is 2. The third-order valence-corrected chi connectivity index (χ3v) is 1.24. The molecule has 0 spiro atoms. The van der Waals surface area contributed by atoms with Crippen molar-refractivity contribution in [3.05, 3.63) is 24.3 Å². The summed E-state index contributed by atoms with van der Waals surface area (Å²) in [7, 11) is 0. The van der Waals surface area contributed by atoms with Crippen molar-refractivity contribution in [1.82, 2.24) is 9.97 Å². The van der Waals surface area contributed by atoms with E-state index in [-0.39, 0.29) is 6.61 Å². The van der Waals surface area contributed by atoms with Crippen LogP contribution in [0.25, 0.3) is 0 Å². The molecule has 0 aliphatic carbocycles. The molecule has 1 aromatic heterocycles. The first-order valence-electron chi connectivity index (χ1n) is 3.79. The standard InChI is InChI=1S/C9H10N2O/c12-7-3-1-2-4-9-8-10-5-6-11-9/h5-6,8,12H,1,3,7H2. The van der Waals surface area contributed by atoms with Crippen LogP contribution in [-0.4, -0.2) is 21.7 Å². The van der Waals surface area contributed by atoms with E-state index >= 15 is 0 Å². The van der Waals surface area contributed by atoms with E-state index in [1.807, 2.05) is 0 Å². The Balaban J connectivity index is 2.44. The first-order valence-corrected chi connectivity index (χ1v) is 3.79. The fourth-order valence-corrected chi connectivity index (χ4v) is 0.684. The molecule has 0 atom stereocenters. The quantitative estimate of drug-likeness (QED) is 0.511. The zero-order valence-corrected chi connectivity index (χ0v) is 6.70. The summed E-state index contributed by atoms with van der Waals surface area (Å²) in [6.07, 6.45) is 6.25. The van der Waals surface area contributed by atoms with Gasteiger partial charge < -0.3 is 5.11 Å². The molecule has 1 heterocycles. The molecule has 0 aromatic carbocycles. The van der Waals surface area contributed by atoms with Gasteiger partial charge in [0.2, 0.25) is 0 Å². The number of aliphatic hydroxyl groups excluding tert-OH is 1. The lowest BCUT2D eigenvalue weighted by molar-refractivity contribution is 0.290. The Labute approximate surface area is 71.5 Å². The maximum atomic E-state index is 8.47. The molecule has 0 fully saturated rings. The van der Waals surface area contributed by atoms with Crippen LogP contribution in [0.1, 0.15) is 18.5 Å². The van der Waals surface area contributed by atoms with Crippen molar-refractivity contribution in [3.8, 4) is 11.8 Å². The number of aliphatic hydroxyl groups is 1. The van der Waals surface area contributed by atoms with E-state index in [9.17, 15) is 0 Å². The number of nitrogens with zero attached hydrogens (tertiary/aromatic N) is 2. The second-order valence-corrected chi connectivity index (χ2v) is 2.22. The molecule has 0 radical (unpaired) electrons. The summed E-state index contributed by atoms with van der Waals surface area (Å²) in [6.45, 7) is 0.190. The second kappa shape index (κ2) is 5.28. The monoisotopic (exact) mass is 162 g/mol. The van der Waals surface area contributed by atoms with Crippen molar-refractivity contribution in [2.75, 3.05) is 6.61 Å². The molecule has 62 valence electrons. The Morgan fingerprint density at radius 1 is 1.42 bits per heavy atom. The summed E-state index contributed by atoms with van der Waals surface area (Å²) < 4.78 is 0. The highest BCUT2D eigenvalue weighted by molar-refractivity contribution is 5.23. The Hall–Kier alpha value is -1.40. The zero-order chi connectivity index (χ0) is 8.65. The van der Waals surface area contributed by atoms with E-state index in [4.69, 9.17) is 5.11 Å². The third-order valence-electron chi connectivity index (χ3n) is 1.24. The van der Waals surface area contributed by atoms with Gasteiger partial charge in [-0.1, -0.05) is 5.92 Å². The zero-order valence-electron chi connectivity index (χ0n) is 6.70. The molecule has 0 saturated heterocycles. The van der Waals surface area contributed by atoms with E-state index < -0.39 is 0 Å². The lowest BCUT2D eigenvalue weighted by atomic mass is 10.3. The van der Waals surface area contributed by atoms with Gasteiger partial charge in [-0.3, -0.25) is 4.98 Å². The Bertz CT molecular complexity index is 274. The minimum absolute atomic E-state index is 0.190. The van der Waals surface area contributed by atoms with E-state index in [1.54, 1.807) is 18.6 Å². The molecular formula is C9H10N2O. The molecule has 0 aliphatic rings. The van der Waals surface area contributed by atoms with Crippen molar-refractivity contribution in [2.24, 2.45) is 0 Å². The van der Waals surface area contributed by atoms with Gasteiger partial charge in [0.15, 0.2) is 0 Å². The molecule has 0 unspecified atom stereocenters. The van der Waals surface area contributed by atoms with Crippen LogP contribution in [0.5, 0.6) is 0 Å². The van der Waals surface area contributed by atoms with Crippen molar-refractivity contribution < 1.29 is 5.11 Å². The minimum Gasteiger partial charge on any atom is -0.396 e. The maximum Gasteiger partial charge on any atom is 0.131 e. The van der Waals surface area contributed by atoms with Crippen molar-refractivity contribution in [2.45, 2.75) is 12.8 Å². The predicted octanol–water partition coefficient (Wildman–Crippen LogP) is 0.601. The Morgan fingerprint density at radius 2 is 2.33 bits per heavy atom. The summed E-state index contributed by atoms with van der Waals surface area (Å²) in [6, 6.07) is 0. The molecule has 0 amide bonds. The minimum atomic E-state index is 0.190. The summed E-state index contributed by atoms with van der Waals surface area (Å²) in [5.74, 6) is 5.73. The number of aromatic nitrogens is 2. The summed E-state index contributed by atoms with van der Waals surface area (Å²) in [5, 5.41) is 8.47. The fraction of sp³-hybridized carbons (Fsp3) is 0.333. The molecule has 0 bridgehead atoms. The molecule has 0 aliphatic heterocycles. The van der Waals surface area contributed by atoms with Gasteiger partial charge in [0.1, 0.15) is 5.69 Å². The van der Waals surface area contributed by atoms with Gasteiger partial charge in [0.05, 0.1) is 6.20 Å². The van der Waals surface area contributed by atoms with Crippen LogP contribution in [0.3, 0.4) is 0 Å². The average Bonchev–Trinajstić information content (AvgIpc) is 2.14. The highest BCUT2D eigenvalue weighted by Crippen LogP contribution is 1.88. The molecule has 0 saturated carbocycles. The predicted molar refractivity (Wildman–Crippen MR) is 45.2 cm³/mol. The number of unbranched alkanes of at least 4 members (excludes halogenated alkanes) is 1. The lowest BCUT2D eigenvalue weighted by Gasteiger charge is -1.85. The second-order valence-electron chi connectivity index (χ2n) is 2.22. The maximum absolute atomic E-state index is 8.47. The van der Waals surface area contributed by atoms with Gasteiger partial charge >= 0.3 is 0 Å². The van der Waals surface area contributed by atoms with E-state index in [1.165, 1.54) is 0 Å². The van der Waals surface area contributed by atoms with Crippen LogP contribution < -0.4 is 0 Å². The highest BCUT2D eigenvalue weighted by atomic mass is 16.2. The molecule has 1 N–H and O–H groups in total. The van der Waals surface area contributed by atoms with Crippen molar-refractivity contribution >= 4 is 0 Å². The van der Waals surface area contributed by atoms with Crippen LogP contribution in [0.2, 0.25) is 0 Å². The topological polar surface area (TPSA) is 46.0 Å². The third kappa shape index (κ3) is 3.13. The van der Waals surface area contributed by atoms with E-state index in [0.29, 0.717) is 18.5 Å². The van der Waals surface area contributed by atoms with Crippen molar-refractivity contribution in [3.63, 3.8) is 0 Å². The molecular weight excluding hydrogens is 152 g/mol. The normalized spacial score (nSPS) is 8.75. The van der Waals surface area contributed by atoms with Gasteiger partial charge in [-0.25, -0.2) is 4.98 Å². The first kappa shape index (κ1) is 8.69. The van der Waals surface area contributed by atoms with E-state index in [0.717, 1.165) is 0 Å². The molecule has 1 rings (SSSR count). The Morgan fingerprint density at radius 3 is 3.00 bits per heavy atom. The summed E-state index contributed by atoms with van der Waals surface area (Å²) in [4.78, 5) is 7.85. The highest BCUT2D eigenvalue weighted by Gasteiger charge is 1.83. The van der Waals surface area contributed by atoms with Crippen LogP contribution in [0, 0.1) is 11.8 Å². The number of hydrogen-bond donors (Lipinski definition) is 1. The van der Waals surface area contributed by atoms with Crippen molar-refractivity contribution in [1.29, 1.82) is 0 Å².